The average molecular weight is 446 g/mol. The van der Waals surface area contributed by atoms with Crippen molar-refractivity contribution >= 4 is 16.9 Å². The minimum Gasteiger partial charge on any atom is -0.507 e. The minimum atomic E-state index is -0.424. The van der Waals surface area contributed by atoms with Crippen molar-refractivity contribution in [1.82, 2.24) is 25.4 Å². The zero-order valence-corrected chi connectivity index (χ0v) is 19.8. The maximum Gasteiger partial charge on any atom is 0.244 e. The second kappa shape index (κ2) is 10.7. The standard InChI is InChI=1S/C24H25N5O2.C2H6/c1-4-29(3)24(31)21(25-2)16-9-7-8-15(12-16)17-13-19-22(27-28-23(19)26-14-17)18-10-5-6-11-20(18)30;1-2/h5-14,21,25,30H,4H2,1-3H3,(H,26,27,28);1-2H3. The van der Waals surface area contributed by atoms with Crippen LogP contribution in [-0.4, -0.2) is 51.7 Å². The van der Waals surface area contributed by atoms with Gasteiger partial charge in [0.1, 0.15) is 11.8 Å². The van der Waals surface area contributed by atoms with Crippen molar-refractivity contribution < 1.29 is 9.90 Å². The van der Waals surface area contributed by atoms with Crippen molar-refractivity contribution in [2.45, 2.75) is 26.8 Å². The molecule has 4 rings (SSSR count). The summed E-state index contributed by atoms with van der Waals surface area (Å²) in [5.74, 6) is 0.197. The summed E-state index contributed by atoms with van der Waals surface area (Å²) in [5, 5.41) is 21.5. The number of H-pyrrole nitrogens is 1. The lowest BCUT2D eigenvalue weighted by molar-refractivity contribution is -0.132. The number of nitrogens with zero attached hydrogens (tertiary/aromatic N) is 3. The maximum atomic E-state index is 12.7. The molecule has 3 N–H and O–H groups in total. The molecule has 1 unspecified atom stereocenters. The molecule has 2 aromatic heterocycles. The fourth-order valence-corrected chi connectivity index (χ4v) is 3.65. The van der Waals surface area contributed by atoms with Crippen molar-refractivity contribution in [1.29, 1.82) is 0 Å². The van der Waals surface area contributed by atoms with Crippen molar-refractivity contribution in [3.05, 3.63) is 66.4 Å². The molecule has 2 heterocycles. The number of benzene rings is 2. The predicted octanol–water partition coefficient (Wildman–Crippen LogP) is 4.76. The first-order valence-corrected chi connectivity index (χ1v) is 11.2. The summed E-state index contributed by atoms with van der Waals surface area (Å²) < 4.78 is 0. The van der Waals surface area contributed by atoms with Crippen LogP contribution in [0.3, 0.4) is 0 Å². The minimum absolute atomic E-state index is 0.0207. The highest BCUT2D eigenvalue weighted by Crippen LogP contribution is 2.34. The Balaban J connectivity index is 0.00000149. The molecule has 1 amide bonds. The number of hydrogen-bond acceptors (Lipinski definition) is 5. The van der Waals surface area contributed by atoms with E-state index in [1.54, 1.807) is 37.3 Å². The molecule has 0 radical (unpaired) electrons. The van der Waals surface area contributed by atoms with E-state index in [0.29, 0.717) is 23.4 Å². The molecule has 0 fully saturated rings. The monoisotopic (exact) mass is 445 g/mol. The van der Waals surface area contributed by atoms with Crippen LogP contribution in [-0.2, 0) is 4.79 Å². The number of carbonyl (C=O) groups is 1. The summed E-state index contributed by atoms with van der Waals surface area (Å²) in [6, 6.07) is 16.6. The fourth-order valence-electron chi connectivity index (χ4n) is 3.65. The first-order valence-electron chi connectivity index (χ1n) is 11.2. The fraction of sp³-hybridized carbons (Fsp3) is 0.269. The van der Waals surface area contributed by atoms with Crippen LogP contribution in [0.15, 0.2) is 60.8 Å². The molecule has 0 bridgehead atoms. The van der Waals surface area contributed by atoms with Crippen LogP contribution < -0.4 is 5.32 Å². The Morgan fingerprint density at radius 2 is 1.88 bits per heavy atom. The van der Waals surface area contributed by atoms with Crippen LogP contribution >= 0.6 is 0 Å². The smallest absolute Gasteiger partial charge is 0.244 e. The Hall–Kier alpha value is -3.71. The molecular weight excluding hydrogens is 414 g/mol. The lowest BCUT2D eigenvalue weighted by Gasteiger charge is -2.23. The summed E-state index contributed by atoms with van der Waals surface area (Å²) in [5.41, 5.74) is 4.69. The number of hydrogen-bond donors (Lipinski definition) is 3. The highest BCUT2D eigenvalue weighted by molar-refractivity contribution is 5.94. The van der Waals surface area contributed by atoms with Gasteiger partial charge in [0.25, 0.3) is 0 Å². The van der Waals surface area contributed by atoms with Gasteiger partial charge in [0.15, 0.2) is 5.65 Å². The zero-order chi connectivity index (χ0) is 24.0. The van der Waals surface area contributed by atoms with Crippen molar-refractivity contribution in [2.24, 2.45) is 0 Å². The number of likely N-dealkylation sites (N-methyl/N-ethyl adjacent to an activating group) is 2. The Labute approximate surface area is 194 Å². The van der Waals surface area contributed by atoms with Crippen LogP contribution in [0.25, 0.3) is 33.4 Å². The molecule has 1 atom stereocenters. The number of fused-ring (bicyclic) bond motifs is 1. The van der Waals surface area contributed by atoms with Crippen molar-refractivity contribution in [3.8, 4) is 28.1 Å². The quantitative estimate of drug-likeness (QED) is 0.398. The predicted molar refractivity (Wildman–Crippen MR) is 133 cm³/mol. The summed E-state index contributed by atoms with van der Waals surface area (Å²) >= 11 is 0. The summed E-state index contributed by atoms with van der Waals surface area (Å²) in [4.78, 5) is 18.9. The molecule has 0 aliphatic rings. The van der Waals surface area contributed by atoms with Gasteiger partial charge in [-0.1, -0.05) is 44.2 Å². The third kappa shape index (κ3) is 4.88. The molecule has 0 aliphatic heterocycles. The Bertz CT molecular complexity index is 1230. The number of amides is 1. The lowest BCUT2D eigenvalue weighted by atomic mass is 9.98. The number of phenols is 1. The van der Waals surface area contributed by atoms with E-state index in [2.05, 4.69) is 20.5 Å². The molecular formula is C26H31N5O2. The molecule has 2 aromatic carbocycles. The van der Waals surface area contributed by atoms with Crippen molar-refractivity contribution in [2.75, 3.05) is 20.6 Å². The highest BCUT2D eigenvalue weighted by Gasteiger charge is 2.22. The molecule has 7 heteroatoms. The summed E-state index contributed by atoms with van der Waals surface area (Å²) in [7, 11) is 3.59. The number of carbonyl (C=O) groups excluding carboxylic acids is 1. The third-order valence-electron chi connectivity index (χ3n) is 5.52. The van der Waals surface area contributed by atoms with E-state index in [1.807, 2.05) is 63.2 Å². The number of aromatic nitrogens is 3. The molecule has 0 saturated carbocycles. The molecule has 172 valence electrons. The SMILES string of the molecule is CC.CCN(C)C(=O)C(NC)c1cccc(-c2cnc3n[nH]c(-c4ccccc4O)c3c2)c1. The van der Waals surface area contributed by atoms with Gasteiger partial charge in [-0.15, -0.1) is 0 Å². The molecule has 0 spiro atoms. The van der Waals surface area contributed by atoms with Gasteiger partial charge in [0.05, 0.1) is 5.69 Å². The topological polar surface area (TPSA) is 94.1 Å². The maximum absolute atomic E-state index is 12.7. The lowest BCUT2D eigenvalue weighted by Crippen LogP contribution is -2.37. The number of rotatable bonds is 6. The second-order valence-electron chi connectivity index (χ2n) is 7.41. The van der Waals surface area contributed by atoms with E-state index >= 15 is 0 Å². The van der Waals surface area contributed by atoms with Gasteiger partial charge in [-0.25, -0.2) is 4.98 Å². The van der Waals surface area contributed by atoms with Crippen LogP contribution in [0.4, 0.5) is 0 Å². The van der Waals surface area contributed by atoms with Gasteiger partial charge in [0, 0.05) is 36.3 Å². The van der Waals surface area contributed by atoms with E-state index in [1.165, 1.54) is 0 Å². The molecule has 0 aliphatic carbocycles. The van der Waals surface area contributed by atoms with E-state index in [-0.39, 0.29) is 11.7 Å². The Morgan fingerprint density at radius 1 is 1.12 bits per heavy atom. The summed E-state index contributed by atoms with van der Waals surface area (Å²) in [6.07, 6.45) is 1.77. The Kier molecular flexibility index (Phi) is 7.79. The number of pyridine rings is 1. The molecule has 0 saturated heterocycles. The van der Waals surface area contributed by atoms with E-state index in [0.717, 1.165) is 22.1 Å². The van der Waals surface area contributed by atoms with Crippen LogP contribution in [0.2, 0.25) is 0 Å². The van der Waals surface area contributed by atoms with E-state index < -0.39 is 6.04 Å². The second-order valence-corrected chi connectivity index (χ2v) is 7.41. The average Bonchev–Trinajstić information content (AvgIpc) is 3.28. The molecule has 7 nitrogen and oxygen atoms in total. The summed E-state index contributed by atoms with van der Waals surface area (Å²) in [6.45, 7) is 6.60. The third-order valence-corrected chi connectivity index (χ3v) is 5.52. The van der Waals surface area contributed by atoms with E-state index in [9.17, 15) is 9.90 Å². The number of aromatic amines is 1. The normalized spacial score (nSPS) is 11.5. The highest BCUT2D eigenvalue weighted by atomic mass is 16.3. The van der Waals surface area contributed by atoms with Gasteiger partial charge < -0.3 is 15.3 Å². The van der Waals surface area contributed by atoms with Gasteiger partial charge in [-0.05, 0) is 49.4 Å². The Morgan fingerprint density at radius 3 is 2.58 bits per heavy atom. The van der Waals surface area contributed by atoms with Crippen molar-refractivity contribution in [3.63, 3.8) is 0 Å². The van der Waals surface area contributed by atoms with Gasteiger partial charge in [0.2, 0.25) is 5.91 Å². The number of para-hydroxylation sites is 1. The number of phenolic OH excluding ortho intramolecular Hbond substituents is 1. The van der Waals surface area contributed by atoms with Crippen LogP contribution in [0.1, 0.15) is 32.4 Å². The van der Waals surface area contributed by atoms with Gasteiger partial charge in [-0.3, -0.25) is 9.89 Å². The zero-order valence-electron chi connectivity index (χ0n) is 19.8. The number of nitrogens with one attached hydrogen (secondary N) is 2. The molecule has 4 aromatic rings. The largest absolute Gasteiger partial charge is 0.507 e. The van der Waals surface area contributed by atoms with Gasteiger partial charge in [-0.2, -0.15) is 5.10 Å². The van der Waals surface area contributed by atoms with E-state index in [4.69, 9.17) is 0 Å². The van der Waals surface area contributed by atoms with Crippen LogP contribution in [0.5, 0.6) is 5.75 Å². The first-order chi connectivity index (χ1) is 16.0. The van der Waals surface area contributed by atoms with Gasteiger partial charge >= 0.3 is 0 Å². The molecule has 33 heavy (non-hydrogen) atoms. The van der Waals surface area contributed by atoms with Crippen LogP contribution in [0, 0.1) is 0 Å². The number of aromatic hydroxyl groups is 1. The first kappa shape index (κ1) is 23.9.